The van der Waals surface area contributed by atoms with Crippen LogP contribution in [-0.4, -0.2) is 25.2 Å². The van der Waals surface area contributed by atoms with Crippen LogP contribution in [0.1, 0.15) is 17.7 Å². The number of hydrogen-bond acceptors (Lipinski definition) is 6. The average molecular weight is 306 g/mol. The summed E-state index contributed by atoms with van der Waals surface area (Å²) in [4.78, 5) is 15.6. The number of hydrogen-bond donors (Lipinski definition) is 1. The number of carbonyl (C=O) groups excluding carboxylic acids is 1. The van der Waals surface area contributed by atoms with Gasteiger partial charge in [0.2, 0.25) is 0 Å². The minimum Gasteiger partial charge on any atom is -0.469 e. The van der Waals surface area contributed by atoms with Crippen LogP contribution in [0.25, 0.3) is 0 Å². The lowest BCUT2D eigenvalue weighted by atomic mass is 10.2. The highest BCUT2D eigenvalue weighted by molar-refractivity contribution is 7.13. The molecule has 0 radical (unpaired) electrons. The van der Waals surface area contributed by atoms with Crippen LogP contribution >= 0.6 is 11.3 Å². The van der Waals surface area contributed by atoms with E-state index < -0.39 is 0 Å². The van der Waals surface area contributed by atoms with Crippen LogP contribution in [0.3, 0.4) is 0 Å². The lowest BCUT2D eigenvalue weighted by Crippen LogP contribution is -2.02. The summed E-state index contributed by atoms with van der Waals surface area (Å²) < 4.78 is 9.80. The summed E-state index contributed by atoms with van der Waals surface area (Å²) >= 11 is 1.52. The van der Waals surface area contributed by atoms with Crippen molar-refractivity contribution >= 4 is 28.1 Å². The molecule has 5 nitrogen and oxygen atoms in total. The highest BCUT2D eigenvalue weighted by Crippen LogP contribution is 2.24. The van der Waals surface area contributed by atoms with Gasteiger partial charge in [-0.2, -0.15) is 0 Å². The first-order chi connectivity index (χ1) is 10.2. The smallest absolute Gasteiger partial charge is 0.305 e. The number of methoxy groups -OCH3 is 2. The fourth-order valence-electron chi connectivity index (χ4n) is 1.85. The Kier molecular flexibility index (Phi) is 5.71. The number of aromatic nitrogens is 1. The Bertz CT molecular complexity index is 598. The van der Waals surface area contributed by atoms with E-state index in [4.69, 9.17) is 4.74 Å². The maximum atomic E-state index is 11.1. The van der Waals surface area contributed by atoms with Gasteiger partial charge in [-0.05, 0) is 6.07 Å². The normalized spacial score (nSPS) is 10.4. The SMILES string of the molecule is COCc1ccccc1Nc1nc(CCC(=O)OC)cs1. The molecule has 0 fully saturated rings. The average Bonchev–Trinajstić information content (AvgIpc) is 2.94. The van der Waals surface area contributed by atoms with Gasteiger partial charge in [0.25, 0.3) is 0 Å². The highest BCUT2D eigenvalue weighted by Gasteiger charge is 2.07. The Morgan fingerprint density at radius 1 is 1.33 bits per heavy atom. The lowest BCUT2D eigenvalue weighted by molar-refractivity contribution is -0.140. The molecule has 21 heavy (non-hydrogen) atoms. The maximum Gasteiger partial charge on any atom is 0.305 e. The van der Waals surface area contributed by atoms with Gasteiger partial charge in [0, 0.05) is 30.2 Å². The predicted octanol–water partition coefficient (Wildman–Crippen LogP) is 3.14. The molecule has 0 saturated heterocycles. The number of ether oxygens (including phenoxy) is 2. The molecule has 2 aromatic rings. The van der Waals surface area contributed by atoms with E-state index in [-0.39, 0.29) is 5.97 Å². The molecule has 0 aliphatic heterocycles. The molecular weight excluding hydrogens is 288 g/mol. The molecule has 0 bridgehead atoms. The zero-order chi connectivity index (χ0) is 15.1. The minimum absolute atomic E-state index is 0.219. The number of esters is 1. The van der Waals surface area contributed by atoms with E-state index in [0.29, 0.717) is 19.4 Å². The van der Waals surface area contributed by atoms with Crippen LogP contribution < -0.4 is 5.32 Å². The number of anilines is 2. The van der Waals surface area contributed by atoms with Gasteiger partial charge in [0.1, 0.15) is 0 Å². The van der Waals surface area contributed by atoms with Crippen molar-refractivity contribution in [3.05, 3.63) is 40.9 Å². The molecule has 112 valence electrons. The molecule has 0 amide bonds. The molecule has 0 atom stereocenters. The summed E-state index contributed by atoms with van der Waals surface area (Å²) in [5.41, 5.74) is 2.94. The van der Waals surface area contributed by atoms with Crippen LogP contribution in [-0.2, 0) is 27.3 Å². The Labute approximate surface area is 127 Å². The molecule has 2 rings (SSSR count). The number of carbonyl (C=O) groups is 1. The number of thiazole rings is 1. The van der Waals surface area contributed by atoms with Crippen LogP contribution in [0.5, 0.6) is 0 Å². The largest absolute Gasteiger partial charge is 0.469 e. The van der Waals surface area contributed by atoms with E-state index in [2.05, 4.69) is 15.0 Å². The first-order valence-electron chi connectivity index (χ1n) is 6.58. The standard InChI is InChI=1S/C15H18N2O3S/c1-19-9-11-5-3-4-6-13(11)17-15-16-12(10-21-15)7-8-14(18)20-2/h3-6,10H,7-9H2,1-2H3,(H,16,17). The van der Waals surface area contributed by atoms with Gasteiger partial charge >= 0.3 is 5.97 Å². The van der Waals surface area contributed by atoms with E-state index in [1.165, 1.54) is 18.4 Å². The van der Waals surface area contributed by atoms with Gasteiger partial charge in [-0.15, -0.1) is 11.3 Å². The Hall–Kier alpha value is -1.92. The quantitative estimate of drug-likeness (QED) is 0.796. The first-order valence-corrected chi connectivity index (χ1v) is 7.46. The number of para-hydroxylation sites is 1. The van der Waals surface area contributed by atoms with Crippen LogP contribution in [0.15, 0.2) is 29.6 Å². The Morgan fingerprint density at radius 2 is 2.14 bits per heavy atom. The first kappa shape index (κ1) is 15.5. The van der Waals surface area contributed by atoms with Crippen LogP contribution in [0.4, 0.5) is 10.8 Å². The summed E-state index contributed by atoms with van der Waals surface area (Å²) in [5.74, 6) is -0.219. The van der Waals surface area contributed by atoms with Crippen molar-refractivity contribution in [3.8, 4) is 0 Å². The van der Waals surface area contributed by atoms with Crippen molar-refractivity contribution in [1.82, 2.24) is 4.98 Å². The van der Waals surface area contributed by atoms with Crippen LogP contribution in [0, 0.1) is 0 Å². The van der Waals surface area contributed by atoms with Crippen molar-refractivity contribution in [1.29, 1.82) is 0 Å². The third-order valence-corrected chi connectivity index (χ3v) is 3.73. The van der Waals surface area contributed by atoms with Gasteiger partial charge in [-0.1, -0.05) is 18.2 Å². The monoisotopic (exact) mass is 306 g/mol. The van der Waals surface area contributed by atoms with Gasteiger partial charge < -0.3 is 14.8 Å². The second-order valence-electron chi connectivity index (χ2n) is 4.44. The summed E-state index contributed by atoms with van der Waals surface area (Å²) in [6.45, 7) is 0.545. The van der Waals surface area contributed by atoms with E-state index >= 15 is 0 Å². The number of nitrogens with one attached hydrogen (secondary N) is 1. The Balaban J connectivity index is 2.00. The maximum absolute atomic E-state index is 11.1. The molecule has 0 aliphatic rings. The zero-order valence-corrected chi connectivity index (χ0v) is 12.9. The molecule has 1 aromatic heterocycles. The van der Waals surface area contributed by atoms with Crippen molar-refractivity contribution in [3.63, 3.8) is 0 Å². The second-order valence-corrected chi connectivity index (χ2v) is 5.29. The van der Waals surface area contributed by atoms with Crippen LogP contribution in [0.2, 0.25) is 0 Å². The fraction of sp³-hybridized carbons (Fsp3) is 0.333. The molecule has 1 aromatic carbocycles. The van der Waals surface area contributed by atoms with E-state index in [1.54, 1.807) is 7.11 Å². The van der Waals surface area contributed by atoms with Crippen molar-refractivity contribution in [2.24, 2.45) is 0 Å². The van der Waals surface area contributed by atoms with E-state index in [9.17, 15) is 4.79 Å². The fourth-order valence-corrected chi connectivity index (χ4v) is 2.61. The topological polar surface area (TPSA) is 60.5 Å². The van der Waals surface area contributed by atoms with Crippen molar-refractivity contribution in [2.45, 2.75) is 19.4 Å². The third-order valence-electron chi connectivity index (χ3n) is 2.92. The summed E-state index contributed by atoms with van der Waals surface area (Å²) in [6.07, 6.45) is 0.935. The molecule has 0 aliphatic carbocycles. The highest BCUT2D eigenvalue weighted by atomic mass is 32.1. The van der Waals surface area contributed by atoms with Gasteiger partial charge in [-0.3, -0.25) is 4.79 Å². The second kappa shape index (κ2) is 7.75. The summed E-state index contributed by atoms with van der Waals surface area (Å²) in [7, 11) is 3.06. The van der Waals surface area contributed by atoms with E-state index in [0.717, 1.165) is 22.1 Å². The minimum atomic E-state index is -0.219. The number of nitrogens with zero attached hydrogens (tertiary/aromatic N) is 1. The van der Waals surface area contributed by atoms with Gasteiger partial charge in [0.15, 0.2) is 5.13 Å². The molecule has 6 heteroatoms. The molecule has 1 N–H and O–H groups in total. The number of benzene rings is 1. The number of rotatable bonds is 7. The Morgan fingerprint density at radius 3 is 2.90 bits per heavy atom. The van der Waals surface area contributed by atoms with Crippen molar-refractivity contribution < 1.29 is 14.3 Å². The molecule has 0 spiro atoms. The molecule has 1 heterocycles. The van der Waals surface area contributed by atoms with Crippen molar-refractivity contribution in [2.75, 3.05) is 19.5 Å². The third kappa shape index (κ3) is 4.54. The van der Waals surface area contributed by atoms with E-state index in [1.807, 2.05) is 29.6 Å². The summed E-state index contributed by atoms with van der Waals surface area (Å²) in [6, 6.07) is 7.94. The van der Waals surface area contributed by atoms with Gasteiger partial charge in [0.05, 0.1) is 25.8 Å². The number of aryl methyl sites for hydroxylation is 1. The molecule has 0 unspecified atom stereocenters. The summed E-state index contributed by atoms with van der Waals surface area (Å²) in [5, 5.41) is 6.04. The molecule has 0 saturated carbocycles. The lowest BCUT2D eigenvalue weighted by Gasteiger charge is -2.08. The molecular formula is C15H18N2O3S. The zero-order valence-electron chi connectivity index (χ0n) is 12.1. The van der Waals surface area contributed by atoms with Gasteiger partial charge in [-0.25, -0.2) is 4.98 Å². The predicted molar refractivity (Wildman–Crippen MR) is 82.9 cm³/mol.